The van der Waals surface area contributed by atoms with Crippen LogP contribution in [0.25, 0.3) is 0 Å². The van der Waals surface area contributed by atoms with E-state index in [1.165, 1.54) is 0 Å². The molecular weight excluding hydrogens is 266 g/mol. The van der Waals surface area contributed by atoms with Crippen LogP contribution >= 0.6 is 12.4 Å². The Morgan fingerprint density at radius 3 is 2.47 bits per heavy atom. The zero-order chi connectivity index (χ0) is 12.0. The summed E-state index contributed by atoms with van der Waals surface area (Å²) in [6.07, 6.45) is 0.616. The third-order valence-electron chi connectivity index (χ3n) is 2.51. The molecule has 0 aromatic heterocycles. The molecule has 1 aliphatic rings. The lowest BCUT2D eigenvalue weighted by Crippen LogP contribution is -2.51. The monoisotopic (exact) mass is 285 g/mol. The molecule has 0 radical (unpaired) electrons. The Morgan fingerprint density at radius 1 is 1.35 bits per heavy atom. The van der Waals surface area contributed by atoms with Crippen LogP contribution in [0.2, 0.25) is 0 Å². The van der Waals surface area contributed by atoms with Crippen LogP contribution in [0, 0.1) is 5.92 Å². The van der Waals surface area contributed by atoms with Gasteiger partial charge in [-0.2, -0.15) is 0 Å². The summed E-state index contributed by atoms with van der Waals surface area (Å²) in [4.78, 5) is 11.4. The SMILES string of the molecule is CCS(=O)(=O)NCCCNC(=O)C1CNC1.Cl. The molecule has 3 N–H and O–H groups in total. The van der Waals surface area contributed by atoms with Gasteiger partial charge in [-0.05, 0) is 13.3 Å². The Balaban J connectivity index is 0.00000256. The lowest BCUT2D eigenvalue weighted by molar-refractivity contribution is -0.126. The van der Waals surface area contributed by atoms with Crippen molar-refractivity contribution >= 4 is 28.3 Å². The summed E-state index contributed by atoms with van der Waals surface area (Å²) in [6, 6.07) is 0. The molecule has 0 atom stereocenters. The second-order valence-corrected chi connectivity index (χ2v) is 5.89. The number of carbonyl (C=O) groups excluding carboxylic acids is 1. The second-order valence-electron chi connectivity index (χ2n) is 3.80. The van der Waals surface area contributed by atoms with Crippen molar-refractivity contribution < 1.29 is 13.2 Å². The van der Waals surface area contributed by atoms with E-state index in [0.717, 1.165) is 13.1 Å². The van der Waals surface area contributed by atoms with Crippen molar-refractivity contribution in [3.05, 3.63) is 0 Å². The van der Waals surface area contributed by atoms with Crippen molar-refractivity contribution in [2.75, 3.05) is 31.9 Å². The van der Waals surface area contributed by atoms with Crippen LogP contribution in [0.15, 0.2) is 0 Å². The Morgan fingerprint density at radius 2 is 2.00 bits per heavy atom. The van der Waals surface area contributed by atoms with Gasteiger partial charge >= 0.3 is 0 Å². The minimum atomic E-state index is -3.10. The van der Waals surface area contributed by atoms with Crippen molar-refractivity contribution in [1.29, 1.82) is 0 Å². The largest absolute Gasteiger partial charge is 0.356 e. The quantitative estimate of drug-likeness (QED) is 0.528. The van der Waals surface area contributed by atoms with Crippen molar-refractivity contribution in [2.24, 2.45) is 5.92 Å². The van der Waals surface area contributed by atoms with Crippen LogP contribution in [0.5, 0.6) is 0 Å². The predicted octanol–water partition coefficient (Wildman–Crippen LogP) is -0.927. The third-order valence-corrected chi connectivity index (χ3v) is 3.91. The molecule has 102 valence electrons. The van der Waals surface area contributed by atoms with Gasteiger partial charge in [0, 0.05) is 26.2 Å². The van der Waals surface area contributed by atoms with Gasteiger partial charge in [0.05, 0.1) is 11.7 Å². The van der Waals surface area contributed by atoms with Crippen molar-refractivity contribution in [2.45, 2.75) is 13.3 Å². The highest BCUT2D eigenvalue weighted by atomic mass is 35.5. The van der Waals surface area contributed by atoms with Gasteiger partial charge in [0.2, 0.25) is 15.9 Å². The van der Waals surface area contributed by atoms with E-state index in [2.05, 4.69) is 15.4 Å². The molecule has 0 bridgehead atoms. The van der Waals surface area contributed by atoms with Crippen LogP contribution in [0.1, 0.15) is 13.3 Å². The molecule has 6 nitrogen and oxygen atoms in total. The van der Waals surface area contributed by atoms with E-state index in [4.69, 9.17) is 0 Å². The normalized spacial score (nSPS) is 15.8. The molecule has 0 spiro atoms. The van der Waals surface area contributed by atoms with E-state index in [1.807, 2.05) is 0 Å². The Hall–Kier alpha value is -0.370. The first-order chi connectivity index (χ1) is 7.55. The number of halogens is 1. The van der Waals surface area contributed by atoms with E-state index >= 15 is 0 Å². The van der Waals surface area contributed by atoms with Crippen LogP contribution in [-0.4, -0.2) is 46.3 Å². The molecule has 0 aromatic carbocycles. The summed E-state index contributed by atoms with van der Waals surface area (Å²) >= 11 is 0. The summed E-state index contributed by atoms with van der Waals surface area (Å²) in [6.45, 7) is 3.97. The lowest BCUT2D eigenvalue weighted by Gasteiger charge is -2.25. The molecule has 1 aliphatic heterocycles. The smallest absolute Gasteiger partial charge is 0.225 e. The predicted molar refractivity (Wildman–Crippen MR) is 68.7 cm³/mol. The van der Waals surface area contributed by atoms with Gasteiger partial charge in [-0.15, -0.1) is 12.4 Å². The van der Waals surface area contributed by atoms with Gasteiger partial charge in [-0.25, -0.2) is 13.1 Å². The van der Waals surface area contributed by atoms with Gasteiger partial charge in [0.15, 0.2) is 0 Å². The maximum Gasteiger partial charge on any atom is 0.225 e. The van der Waals surface area contributed by atoms with Gasteiger partial charge < -0.3 is 10.6 Å². The fraction of sp³-hybridized carbons (Fsp3) is 0.889. The molecule has 0 unspecified atom stereocenters. The number of hydrogen-bond donors (Lipinski definition) is 3. The summed E-state index contributed by atoms with van der Waals surface area (Å²) in [7, 11) is -3.10. The highest BCUT2D eigenvalue weighted by Gasteiger charge is 2.23. The maximum atomic E-state index is 11.4. The zero-order valence-electron chi connectivity index (χ0n) is 9.86. The molecule has 0 saturated carbocycles. The van der Waals surface area contributed by atoms with Gasteiger partial charge in [-0.3, -0.25) is 4.79 Å². The standard InChI is InChI=1S/C9H19N3O3S.ClH/c1-2-16(14,15)12-5-3-4-11-9(13)8-6-10-7-8;/h8,10,12H,2-7H2,1H3,(H,11,13);1H. The molecular formula is C9H20ClN3O3S. The zero-order valence-corrected chi connectivity index (χ0v) is 11.5. The van der Waals surface area contributed by atoms with E-state index in [-0.39, 0.29) is 30.0 Å². The van der Waals surface area contributed by atoms with Crippen LogP contribution in [0.4, 0.5) is 0 Å². The van der Waals surface area contributed by atoms with Crippen molar-refractivity contribution in [3.8, 4) is 0 Å². The van der Waals surface area contributed by atoms with Gasteiger partial charge in [0.25, 0.3) is 0 Å². The first kappa shape index (κ1) is 16.6. The molecule has 1 rings (SSSR count). The Labute approximate surface area is 108 Å². The number of hydrogen-bond acceptors (Lipinski definition) is 4. The van der Waals surface area contributed by atoms with E-state index in [1.54, 1.807) is 6.92 Å². The van der Waals surface area contributed by atoms with Gasteiger partial charge in [-0.1, -0.05) is 0 Å². The lowest BCUT2D eigenvalue weighted by atomic mass is 10.0. The molecule has 8 heteroatoms. The summed E-state index contributed by atoms with van der Waals surface area (Å²) in [5, 5.41) is 5.79. The number of carbonyl (C=O) groups is 1. The summed E-state index contributed by atoms with van der Waals surface area (Å²) in [5.74, 6) is 0.233. The van der Waals surface area contributed by atoms with Crippen LogP contribution in [0.3, 0.4) is 0 Å². The molecule has 17 heavy (non-hydrogen) atoms. The highest BCUT2D eigenvalue weighted by molar-refractivity contribution is 7.89. The molecule has 0 aliphatic carbocycles. The third kappa shape index (κ3) is 6.21. The second kappa shape index (κ2) is 7.86. The van der Waals surface area contributed by atoms with E-state index < -0.39 is 10.0 Å². The van der Waals surface area contributed by atoms with Crippen molar-refractivity contribution in [1.82, 2.24) is 15.4 Å². The first-order valence-electron chi connectivity index (χ1n) is 5.51. The summed E-state index contributed by atoms with van der Waals surface area (Å²) < 4.78 is 24.6. The van der Waals surface area contributed by atoms with E-state index in [9.17, 15) is 13.2 Å². The Bertz CT molecular complexity index is 330. The number of rotatable bonds is 7. The van der Waals surface area contributed by atoms with Crippen molar-refractivity contribution in [3.63, 3.8) is 0 Å². The fourth-order valence-corrected chi connectivity index (χ4v) is 1.91. The maximum absolute atomic E-state index is 11.4. The summed E-state index contributed by atoms with van der Waals surface area (Å²) in [5.41, 5.74) is 0. The first-order valence-corrected chi connectivity index (χ1v) is 7.16. The molecule has 1 heterocycles. The molecule has 1 amide bonds. The molecule has 0 aromatic rings. The average Bonchev–Trinajstić information content (AvgIpc) is 2.14. The minimum absolute atomic E-state index is 0. The highest BCUT2D eigenvalue weighted by Crippen LogP contribution is 2.01. The molecule has 1 fully saturated rings. The number of sulfonamides is 1. The topological polar surface area (TPSA) is 87.3 Å². The van der Waals surface area contributed by atoms with E-state index in [0.29, 0.717) is 19.5 Å². The molecule has 1 saturated heterocycles. The van der Waals surface area contributed by atoms with Gasteiger partial charge in [0.1, 0.15) is 0 Å². The Kier molecular flexibility index (Phi) is 7.69. The number of nitrogens with one attached hydrogen (secondary N) is 3. The minimum Gasteiger partial charge on any atom is -0.356 e. The van der Waals surface area contributed by atoms with Crippen LogP contribution < -0.4 is 15.4 Å². The fourth-order valence-electron chi connectivity index (χ4n) is 1.25. The van der Waals surface area contributed by atoms with Crippen LogP contribution in [-0.2, 0) is 14.8 Å². The number of amides is 1. The average molecular weight is 286 g/mol.